The van der Waals surface area contributed by atoms with Crippen molar-refractivity contribution in [1.29, 1.82) is 0 Å². The Morgan fingerprint density at radius 1 is 1.23 bits per heavy atom. The maximum Gasteiger partial charge on any atom is 0.248 e. The SMILES string of the molecule is Cc1ccc(NC(=O)C=C2C(=O)[C@]3(C)CC[C@@H]2C3(C)C)cc1. The van der Waals surface area contributed by atoms with Gasteiger partial charge in [-0.25, -0.2) is 0 Å². The molecule has 0 radical (unpaired) electrons. The summed E-state index contributed by atoms with van der Waals surface area (Å²) in [5, 5.41) is 2.85. The number of carbonyl (C=O) groups excluding carboxylic acids is 2. The van der Waals surface area contributed by atoms with Crippen molar-refractivity contribution in [3.05, 3.63) is 41.5 Å². The first-order chi connectivity index (χ1) is 10.3. The molecule has 1 aromatic carbocycles. The molecule has 3 heteroatoms. The molecule has 2 aliphatic carbocycles. The Balaban J connectivity index is 1.82. The Kier molecular flexibility index (Phi) is 3.28. The van der Waals surface area contributed by atoms with E-state index in [0.717, 1.165) is 24.1 Å². The Morgan fingerprint density at radius 2 is 1.86 bits per heavy atom. The first-order valence-electron chi connectivity index (χ1n) is 7.90. The van der Waals surface area contributed by atoms with Crippen LogP contribution in [-0.2, 0) is 9.59 Å². The van der Waals surface area contributed by atoms with Gasteiger partial charge in [-0.1, -0.05) is 38.5 Å². The average molecular weight is 297 g/mol. The molecule has 0 aromatic heterocycles. The van der Waals surface area contributed by atoms with Crippen LogP contribution in [0.2, 0.25) is 0 Å². The molecule has 2 atom stereocenters. The number of aryl methyl sites for hydroxylation is 1. The van der Waals surface area contributed by atoms with Crippen LogP contribution >= 0.6 is 0 Å². The van der Waals surface area contributed by atoms with E-state index in [1.54, 1.807) is 0 Å². The zero-order valence-electron chi connectivity index (χ0n) is 13.7. The van der Waals surface area contributed by atoms with E-state index in [1.807, 2.05) is 38.1 Å². The number of nitrogens with one attached hydrogen (secondary N) is 1. The summed E-state index contributed by atoms with van der Waals surface area (Å²) in [5.74, 6) is 0.153. The van der Waals surface area contributed by atoms with Crippen LogP contribution in [-0.4, -0.2) is 11.7 Å². The molecule has 116 valence electrons. The van der Waals surface area contributed by atoms with Crippen molar-refractivity contribution in [1.82, 2.24) is 0 Å². The number of Topliss-reactive ketones (excluding diaryl/α,β-unsaturated/α-hetero) is 1. The van der Waals surface area contributed by atoms with Crippen molar-refractivity contribution < 1.29 is 9.59 Å². The molecule has 0 saturated heterocycles. The number of allylic oxidation sites excluding steroid dienone is 1. The number of carbonyl (C=O) groups is 2. The van der Waals surface area contributed by atoms with Gasteiger partial charge < -0.3 is 5.32 Å². The van der Waals surface area contributed by atoms with Gasteiger partial charge in [-0.3, -0.25) is 9.59 Å². The van der Waals surface area contributed by atoms with E-state index in [-0.39, 0.29) is 28.4 Å². The van der Waals surface area contributed by atoms with Crippen LogP contribution in [0.15, 0.2) is 35.9 Å². The second kappa shape index (κ2) is 4.80. The minimum absolute atomic E-state index is 0.0555. The monoisotopic (exact) mass is 297 g/mol. The lowest BCUT2D eigenvalue weighted by Crippen LogP contribution is -2.32. The van der Waals surface area contributed by atoms with Gasteiger partial charge in [0.15, 0.2) is 5.78 Å². The summed E-state index contributed by atoms with van der Waals surface area (Å²) >= 11 is 0. The fourth-order valence-electron chi connectivity index (χ4n) is 4.05. The highest BCUT2D eigenvalue weighted by Crippen LogP contribution is 2.65. The fraction of sp³-hybridized carbons (Fsp3) is 0.474. The van der Waals surface area contributed by atoms with Crippen molar-refractivity contribution >= 4 is 17.4 Å². The third-order valence-electron chi connectivity index (χ3n) is 5.97. The molecule has 0 unspecified atom stereocenters. The normalized spacial score (nSPS) is 30.8. The van der Waals surface area contributed by atoms with Gasteiger partial charge in [0.05, 0.1) is 0 Å². The number of fused-ring (bicyclic) bond motifs is 2. The predicted octanol–water partition coefficient (Wildman–Crippen LogP) is 3.89. The van der Waals surface area contributed by atoms with Crippen LogP contribution < -0.4 is 5.32 Å². The number of anilines is 1. The van der Waals surface area contributed by atoms with E-state index in [4.69, 9.17) is 0 Å². The molecule has 2 bridgehead atoms. The standard InChI is InChI=1S/C19H23NO2/c1-12-5-7-13(8-6-12)20-16(21)11-14-15-9-10-19(4,17(14)22)18(15,2)3/h5-8,11,15H,9-10H2,1-4H3,(H,20,21)/t15-,19-/m0/s1. The van der Waals surface area contributed by atoms with Crippen LogP contribution in [0.3, 0.4) is 0 Å². The molecular weight excluding hydrogens is 274 g/mol. The Hall–Kier alpha value is -1.90. The summed E-state index contributed by atoms with van der Waals surface area (Å²) < 4.78 is 0. The van der Waals surface area contributed by atoms with Crippen LogP contribution in [0, 0.1) is 23.7 Å². The third-order valence-corrected chi connectivity index (χ3v) is 5.97. The Labute approximate surface area is 131 Å². The van der Waals surface area contributed by atoms with Gasteiger partial charge in [0.2, 0.25) is 5.91 Å². The smallest absolute Gasteiger partial charge is 0.248 e. The molecular formula is C19H23NO2. The predicted molar refractivity (Wildman–Crippen MR) is 87.5 cm³/mol. The summed E-state index contributed by atoms with van der Waals surface area (Å²) in [6.07, 6.45) is 3.46. The highest BCUT2D eigenvalue weighted by Gasteiger charge is 2.63. The van der Waals surface area contributed by atoms with Crippen molar-refractivity contribution in [2.24, 2.45) is 16.7 Å². The molecule has 0 heterocycles. The molecule has 2 saturated carbocycles. The molecule has 2 aliphatic rings. The van der Waals surface area contributed by atoms with Gasteiger partial charge in [-0.2, -0.15) is 0 Å². The first-order valence-corrected chi connectivity index (χ1v) is 7.90. The third kappa shape index (κ3) is 2.03. The van der Waals surface area contributed by atoms with E-state index in [2.05, 4.69) is 19.2 Å². The topological polar surface area (TPSA) is 46.2 Å². The van der Waals surface area contributed by atoms with Crippen molar-refractivity contribution in [2.75, 3.05) is 5.32 Å². The van der Waals surface area contributed by atoms with Crippen LogP contribution in [0.25, 0.3) is 0 Å². The van der Waals surface area contributed by atoms with Crippen LogP contribution in [0.5, 0.6) is 0 Å². The first kappa shape index (κ1) is 15.0. The average Bonchev–Trinajstić information content (AvgIpc) is 2.76. The highest BCUT2D eigenvalue weighted by atomic mass is 16.2. The van der Waals surface area contributed by atoms with E-state index in [9.17, 15) is 9.59 Å². The number of rotatable bonds is 2. The van der Waals surface area contributed by atoms with E-state index in [1.165, 1.54) is 6.08 Å². The molecule has 1 aromatic rings. The second-order valence-corrected chi connectivity index (χ2v) is 7.43. The summed E-state index contributed by atoms with van der Waals surface area (Å²) in [7, 11) is 0. The van der Waals surface area contributed by atoms with Crippen LogP contribution in [0.4, 0.5) is 5.69 Å². The number of amides is 1. The summed E-state index contributed by atoms with van der Waals surface area (Å²) in [4.78, 5) is 24.9. The van der Waals surface area contributed by atoms with Crippen LogP contribution in [0.1, 0.15) is 39.2 Å². The molecule has 3 rings (SSSR count). The lowest BCUT2D eigenvalue weighted by atomic mass is 9.70. The number of benzene rings is 1. The summed E-state index contributed by atoms with van der Waals surface area (Å²) in [6, 6.07) is 7.66. The summed E-state index contributed by atoms with van der Waals surface area (Å²) in [6.45, 7) is 8.36. The van der Waals surface area contributed by atoms with Gasteiger partial charge >= 0.3 is 0 Å². The zero-order valence-corrected chi connectivity index (χ0v) is 13.7. The van der Waals surface area contributed by atoms with E-state index < -0.39 is 0 Å². The minimum Gasteiger partial charge on any atom is -0.323 e. The van der Waals surface area contributed by atoms with Gasteiger partial charge in [0.1, 0.15) is 0 Å². The van der Waals surface area contributed by atoms with Gasteiger partial charge in [-0.05, 0) is 43.2 Å². The fourth-order valence-corrected chi connectivity index (χ4v) is 4.05. The highest BCUT2D eigenvalue weighted by molar-refractivity contribution is 6.11. The second-order valence-electron chi connectivity index (χ2n) is 7.43. The molecule has 22 heavy (non-hydrogen) atoms. The quantitative estimate of drug-likeness (QED) is 0.842. The lowest BCUT2D eigenvalue weighted by molar-refractivity contribution is -0.125. The molecule has 3 nitrogen and oxygen atoms in total. The number of ketones is 1. The molecule has 1 N–H and O–H groups in total. The van der Waals surface area contributed by atoms with E-state index >= 15 is 0 Å². The maximum atomic E-state index is 12.7. The molecule has 1 amide bonds. The number of hydrogen-bond acceptors (Lipinski definition) is 2. The number of hydrogen-bond donors (Lipinski definition) is 1. The minimum atomic E-state index is -0.312. The lowest BCUT2D eigenvalue weighted by Gasteiger charge is -2.31. The van der Waals surface area contributed by atoms with Crippen molar-refractivity contribution in [3.8, 4) is 0 Å². The summed E-state index contributed by atoms with van der Waals surface area (Å²) in [5.41, 5.74) is 2.25. The van der Waals surface area contributed by atoms with Crippen molar-refractivity contribution in [3.63, 3.8) is 0 Å². The maximum absolute atomic E-state index is 12.7. The van der Waals surface area contributed by atoms with Gasteiger partial charge in [0.25, 0.3) is 0 Å². The zero-order chi connectivity index (χ0) is 16.1. The molecule has 0 aliphatic heterocycles. The molecule has 2 fully saturated rings. The van der Waals surface area contributed by atoms with Crippen molar-refractivity contribution in [2.45, 2.75) is 40.5 Å². The van der Waals surface area contributed by atoms with E-state index in [0.29, 0.717) is 5.57 Å². The van der Waals surface area contributed by atoms with Gasteiger partial charge in [0, 0.05) is 22.8 Å². The molecule has 0 spiro atoms. The Morgan fingerprint density at radius 3 is 2.41 bits per heavy atom. The largest absolute Gasteiger partial charge is 0.323 e. The Bertz CT molecular complexity index is 669. The van der Waals surface area contributed by atoms with Gasteiger partial charge in [-0.15, -0.1) is 0 Å².